The van der Waals surface area contributed by atoms with Crippen LogP contribution in [0.4, 0.5) is 0 Å². The molecule has 0 aromatic carbocycles. The van der Waals surface area contributed by atoms with E-state index < -0.39 is 26.6 Å². The summed E-state index contributed by atoms with van der Waals surface area (Å²) < 4.78 is 23.2. The molecule has 0 aliphatic carbocycles. The van der Waals surface area contributed by atoms with Gasteiger partial charge >= 0.3 is 0 Å². The molecule has 0 radical (unpaired) electrons. The van der Waals surface area contributed by atoms with Crippen molar-refractivity contribution in [3.63, 3.8) is 0 Å². The van der Waals surface area contributed by atoms with Crippen LogP contribution >= 0.6 is 7.82 Å². The van der Waals surface area contributed by atoms with Gasteiger partial charge in [-0.1, -0.05) is 202 Å². The highest BCUT2D eigenvalue weighted by molar-refractivity contribution is 7.45. The van der Waals surface area contributed by atoms with Gasteiger partial charge in [0.25, 0.3) is 7.82 Å². The van der Waals surface area contributed by atoms with E-state index in [-0.39, 0.29) is 18.9 Å². The molecule has 0 aliphatic heterocycles. The number of phosphoric acid groups is 1. The number of amides is 1. The van der Waals surface area contributed by atoms with Crippen LogP contribution in [0.5, 0.6) is 0 Å². The molecule has 9 heteroatoms. The van der Waals surface area contributed by atoms with E-state index in [1.54, 1.807) is 6.08 Å². The minimum Gasteiger partial charge on any atom is -0.756 e. The minimum absolute atomic E-state index is 0.0221. The molecule has 0 aromatic heterocycles. The quantitative estimate of drug-likeness (QED) is 0.0274. The van der Waals surface area contributed by atoms with Crippen molar-refractivity contribution in [2.75, 3.05) is 40.9 Å². The number of nitrogens with zero attached hydrogens (tertiary/aromatic N) is 1. The fraction of sp³-hybridized carbons (Fsp3) is 0.745. The number of hydrogen-bond donors (Lipinski definition) is 2. The lowest BCUT2D eigenvalue weighted by molar-refractivity contribution is -0.870. The van der Waals surface area contributed by atoms with Crippen LogP contribution in [-0.4, -0.2) is 68.5 Å². The predicted molar refractivity (Wildman–Crippen MR) is 256 cm³/mol. The molecule has 0 heterocycles. The van der Waals surface area contributed by atoms with E-state index in [0.29, 0.717) is 17.4 Å². The Bertz CT molecular complexity index is 1200. The number of aliphatic hydroxyl groups excluding tert-OH is 1. The van der Waals surface area contributed by atoms with Crippen LogP contribution < -0.4 is 10.2 Å². The molecule has 0 rings (SSSR count). The molecule has 0 fully saturated rings. The van der Waals surface area contributed by atoms with Crippen molar-refractivity contribution < 1.29 is 32.9 Å². The summed E-state index contributed by atoms with van der Waals surface area (Å²) >= 11 is 0. The zero-order valence-corrected chi connectivity index (χ0v) is 40.3. The second-order valence-electron chi connectivity index (χ2n) is 17.4. The maximum Gasteiger partial charge on any atom is 0.268 e. The van der Waals surface area contributed by atoms with Gasteiger partial charge in [-0.3, -0.25) is 9.36 Å². The highest BCUT2D eigenvalue weighted by Crippen LogP contribution is 2.38. The van der Waals surface area contributed by atoms with E-state index in [0.717, 1.165) is 44.9 Å². The molecule has 2 N–H and O–H groups in total. The molecule has 0 aliphatic rings. The molecule has 0 bridgehead atoms. The summed E-state index contributed by atoms with van der Waals surface area (Å²) in [5.74, 6) is -0.289. The van der Waals surface area contributed by atoms with E-state index in [2.05, 4.69) is 67.8 Å². The molecular formula is C51H93N2O6P. The first-order valence-corrected chi connectivity index (χ1v) is 25.8. The zero-order chi connectivity index (χ0) is 44.3. The molecule has 0 aromatic rings. The zero-order valence-electron chi connectivity index (χ0n) is 39.4. The van der Waals surface area contributed by atoms with Crippen molar-refractivity contribution in [1.82, 2.24) is 5.32 Å². The Morgan fingerprint density at radius 3 is 1.53 bits per heavy atom. The summed E-state index contributed by atoms with van der Waals surface area (Å²) in [7, 11) is 1.19. The minimum atomic E-state index is -4.62. The highest BCUT2D eigenvalue weighted by Gasteiger charge is 2.23. The van der Waals surface area contributed by atoms with Crippen LogP contribution in [0.1, 0.15) is 194 Å². The molecule has 3 atom stereocenters. The van der Waals surface area contributed by atoms with E-state index in [1.807, 2.05) is 39.4 Å². The van der Waals surface area contributed by atoms with Gasteiger partial charge in [0.2, 0.25) is 5.91 Å². The van der Waals surface area contributed by atoms with Crippen LogP contribution in [0, 0.1) is 0 Å². The second kappa shape index (κ2) is 42.3. The molecule has 3 unspecified atom stereocenters. The molecule has 0 spiro atoms. The van der Waals surface area contributed by atoms with Crippen molar-refractivity contribution in [2.24, 2.45) is 0 Å². The number of aliphatic hydroxyl groups is 1. The molecule has 1 amide bonds. The Balaban J connectivity index is 4.38. The van der Waals surface area contributed by atoms with Crippen molar-refractivity contribution in [1.29, 1.82) is 0 Å². The van der Waals surface area contributed by atoms with Gasteiger partial charge in [0.15, 0.2) is 0 Å². The fourth-order valence-corrected chi connectivity index (χ4v) is 7.31. The molecule has 0 saturated carbocycles. The van der Waals surface area contributed by atoms with Crippen molar-refractivity contribution >= 4 is 13.7 Å². The van der Waals surface area contributed by atoms with E-state index >= 15 is 0 Å². The molecule has 60 heavy (non-hydrogen) atoms. The summed E-state index contributed by atoms with van der Waals surface area (Å²) in [5, 5.41) is 13.7. The summed E-state index contributed by atoms with van der Waals surface area (Å²) in [6.45, 7) is 4.45. The van der Waals surface area contributed by atoms with E-state index in [4.69, 9.17) is 9.05 Å². The average Bonchev–Trinajstić information content (AvgIpc) is 3.20. The van der Waals surface area contributed by atoms with Crippen LogP contribution in [0.25, 0.3) is 0 Å². The van der Waals surface area contributed by atoms with Gasteiger partial charge < -0.3 is 28.8 Å². The second-order valence-corrected chi connectivity index (χ2v) is 18.8. The van der Waals surface area contributed by atoms with Crippen LogP contribution in [-0.2, 0) is 18.4 Å². The number of hydrogen-bond acceptors (Lipinski definition) is 6. The van der Waals surface area contributed by atoms with Gasteiger partial charge in [-0.05, 0) is 57.8 Å². The van der Waals surface area contributed by atoms with Crippen LogP contribution in [0.3, 0.4) is 0 Å². The summed E-state index contributed by atoms with van der Waals surface area (Å²) in [6.07, 6.45) is 57.1. The predicted octanol–water partition coefficient (Wildman–Crippen LogP) is 13.3. The lowest BCUT2D eigenvalue weighted by Crippen LogP contribution is -2.45. The van der Waals surface area contributed by atoms with Gasteiger partial charge in [0.05, 0.1) is 39.9 Å². The summed E-state index contributed by atoms with van der Waals surface area (Å²) in [4.78, 5) is 25.3. The van der Waals surface area contributed by atoms with Crippen LogP contribution in [0.2, 0.25) is 0 Å². The smallest absolute Gasteiger partial charge is 0.268 e. The van der Waals surface area contributed by atoms with Crippen LogP contribution in [0.15, 0.2) is 72.9 Å². The maximum absolute atomic E-state index is 12.8. The number of quaternary nitrogens is 1. The number of likely N-dealkylation sites (N-methyl/N-ethyl adjacent to an activating group) is 1. The third kappa shape index (κ3) is 44.0. The molecular weight excluding hydrogens is 768 g/mol. The van der Waals surface area contributed by atoms with Crippen molar-refractivity contribution in [3.8, 4) is 0 Å². The average molecular weight is 861 g/mol. The Hall–Kier alpha value is -2.06. The Morgan fingerprint density at radius 2 is 1.03 bits per heavy atom. The number of carbonyl (C=O) groups is 1. The normalized spacial score (nSPS) is 14.8. The molecule has 348 valence electrons. The van der Waals surface area contributed by atoms with Gasteiger partial charge in [-0.25, -0.2) is 0 Å². The van der Waals surface area contributed by atoms with E-state index in [1.165, 1.54) is 122 Å². The summed E-state index contributed by atoms with van der Waals surface area (Å²) in [6, 6.07) is -0.944. The van der Waals surface area contributed by atoms with Crippen molar-refractivity contribution in [2.45, 2.75) is 206 Å². The van der Waals surface area contributed by atoms with Gasteiger partial charge in [-0.15, -0.1) is 0 Å². The SMILES string of the molecule is CC/C=C\C/C=C\C/C=C\C/C=C\CCC(=O)NC(COP(=O)([O-])OCC[N+](C)(C)C)C(O)/C=C/CC/C=C/CCCCCCCCCCCCCCCCCCCCC. The fourth-order valence-electron chi connectivity index (χ4n) is 6.59. The first-order valence-electron chi connectivity index (χ1n) is 24.3. The number of carbonyl (C=O) groups excluding carboxylic acids is 1. The molecule has 8 nitrogen and oxygen atoms in total. The maximum atomic E-state index is 12.8. The third-order valence-corrected chi connectivity index (χ3v) is 11.4. The molecule has 0 saturated heterocycles. The van der Waals surface area contributed by atoms with Gasteiger partial charge in [0, 0.05) is 6.42 Å². The Labute approximate surface area is 370 Å². The number of allylic oxidation sites excluding steroid dienone is 11. The summed E-state index contributed by atoms with van der Waals surface area (Å²) in [5.41, 5.74) is 0. The first-order chi connectivity index (χ1) is 29.0. The van der Waals surface area contributed by atoms with Gasteiger partial charge in [-0.2, -0.15) is 0 Å². The lowest BCUT2D eigenvalue weighted by Gasteiger charge is -2.29. The van der Waals surface area contributed by atoms with Crippen molar-refractivity contribution in [3.05, 3.63) is 72.9 Å². The standard InChI is InChI=1S/C51H93N2O6P/c1-6-8-10-12-14-16-18-20-21-22-23-24-25-26-27-28-29-30-31-33-34-36-38-40-42-44-50(54)49(48-59-60(56,57)58-47-46-53(3,4)5)52-51(55)45-43-41-39-37-35-32-19-17-15-13-11-9-7-2/h9,11,15,17,32,34-36,39,41-42,44,49-50,54H,6-8,10,12-14,16,18-31,33,37-38,40,43,45-48H2,1-5H3,(H-,52,55,56,57)/b11-9-,17-15-,35-32-,36-34+,41-39-,44-42+. The Morgan fingerprint density at radius 1 is 0.600 bits per heavy atom. The van der Waals surface area contributed by atoms with E-state index in [9.17, 15) is 19.4 Å². The van der Waals surface area contributed by atoms with Gasteiger partial charge in [0.1, 0.15) is 13.2 Å². The number of rotatable bonds is 43. The number of nitrogens with one attached hydrogen (secondary N) is 1. The number of unbranched alkanes of at least 4 members (excludes halogenated alkanes) is 20. The highest BCUT2D eigenvalue weighted by atomic mass is 31.2. The lowest BCUT2D eigenvalue weighted by atomic mass is 10.0. The third-order valence-electron chi connectivity index (χ3n) is 10.4. The largest absolute Gasteiger partial charge is 0.756 e. The Kier molecular flexibility index (Phi) is 40.8. The monoisotopic (exact) mass is 861 g/mol. The first kappa shape index (κ1) is 57.9. The topological polar surface area (TPSA) is 108 Å². The number of phosphoric ester groups is 1.